The van der Waals surface area contributed by atoms with Gasteiger partial charge in [0.15, 0.2) is 0 Å². The summed E-state index contributed by atoms with van der Waals surface area (Å²) in [5, 5.41) is 3.04. The van der Waals surface area contributed by atoms with Crippen molar-refractivity contribution < 1.29 is 4.79 Å². The van der Waals surface area contributed by atoms with Gasteiger partial charge in [-0.25, -0.2) is 0 Å². The van der Waals surface area contributed by atoms with E-state index in [2.05, 4.69) is 22.4 Å². The van der Waals surface area contributed by atoms with Crippen molar-refractivity contribution in [2.24, 2.45) is 5.92 Å². The highest BCUT2D eigenvalue weighted by atomic mass is 16.1. The van der Waals surface area contributed by atoms with Crippen LogP contribution in [-0.4, -0.2) is 17.4 Å². The summed E-state index contributed by atoms with van der Waals surface area (Å²) in [6.07, 6.45) is 6.18. The molecule has 1 aromatic carbocycles. The first-order valence-corrected chi connectivity index (χ1v) is 7.06. The second-order valence-electron chi connectivity index (χ2n) is 5.28. The molecular weight excluding hydrogens is 248 g/mol. The molecule has 1 amide bonds. The quantitative estimate of drug-likeness (QED) is 0.921. The van der Waals surface area contributed by atoms with E-state index in [4.69, 9.17) is 0 Å². The molecule has 20 heavy (non-hydrogen) atoms. The Kier molecular flexibility index (Phi) is 3.77. The molecule has 3 nitrogen and oxygen atoms in total. The molecule has 0 atom stereocenters. The molecule has 0 spiro atoms. The zero-order valence-corrected chi connectivity index (χ0v) is 11.4. The number of benzene rings is 1. The van der Waals surface area contributed by atoms with Crippen LogP contribution in [0.25, 0.3) is 0 Å². The van der Waals surface area contributed by atoms with Crippen molar-refractivity contribution in [1.29, 1.82) is 0 Å². The Morgan fingerprint density at radius 1 is 1.15 bits per heavy atom. The molecule has 0 radical (unpaired) electrons. The van der Waals surface area contributed by atoms with Gasteiger partial charge in [-0.3, -0.25) is 9.78 Å². The fraction of sp³-hybridized carbons (Fsp3) is 0.294. The van der Waals surface area contributed by atoms with Gasteiger partial charge in [-0.2, -0.15) is 0 Å². The molecule has 1 aliphatic rings. The number of aromatic nitrogens is 1. The van der Waals surface area contributed by atoms with Crippen LogP contribution < -0.4 is 5.32 Å². The fourth-order valence-electron chi connectivity index (χ4n) is 2.76. The van der Waals surface area contributed by atoms with Crippen molar-refractivity contribution in [3.8, 4) is 0 Å². The molecular formula is C17H18N2O. The number of rotatable bonds is 4. The predicted octanol–water partition coefficient (Wildman–Crippen LogP) is 2.16. The Labute approximate surface area is 119 Å². The van der Waals surface area contributed by atoms with Crippen LogP contribution in [0, 0.1) is 5.92 Å². The molecule has 102 valence electrons. The minimum Gasteiger partial charge on any atom is -0.356 e. The first-order chi connectivity index (χ1) is 9.83. The van der Waals surface area contributed by atoms with E-state index in [1.54, 1.807) is 6.20 Å². The Hall–Kier alpha value is -2.16. The molecule has 2 aromatic rings. The summed E-state index contributed by atoms with van der Waals surface area (Å²) in [6.45, 7) is 0.678. The maximum atomic E-state index is 12.2. The van der Waals surface area contributed by atoms with Crippen molar-refractivity contribution in [2.45, 2.75) is 19.3 Å². The van der Waals surface area contributed by atoms with Gasteiger partial charge in [0, 0.05) is 24.9 Å². The number of carbonyl (C=O) groups is 1. The molecule has 1 heterocycles. The normalized spacial score (nSPS) is 14.0. The van der Waals surface area contributed by atoms with E-state index >= 15 is 0 Å². The molecule has 0 fully saturated rings. The minimum atomic E-state index is 0.0984. The molecule has 0 saturated heterocycles. The standard InChI is InChI=1S/C17H18N2O/c20-17(19-9-7-13-4-3-8-18-12-13)16-10-14-5-1-2-6-15(14)11-16/h1-6,8,12,16H,7,9-11H2,(H,19,20). The highest BCUT2D eigenvalue weighted by Gasteiger charge is 2.26. The minimum absolute atomic E-state index is 0.0984. The lowest BCUT2D eigenvalue weighted by Gasteiger charge is -2.10. The number of carbonyl (C=O) groups excluding carboxylic acids is 1. The number of pyridine rings is 1. The first kappa shape index (κ1) is 12.9. The molecule has 0 saturated carbocycles. The van der Waals surface area contributed by atoms with Gasteiger partial charge in [-0.1, -0.05) is 30.3 Å². The van der Waals surface area contributed by atoms with E-state index in [9.17, 15) is 4.79 Å². The number of amides is 1. The van der Waals surface area contributed by atoms with E-state index in [1.165, 1.54) is 11.1 Å². The van der Waals surface area contributed by atoms with Gasteiger partial charge in [0.05, 0.1) is 0 Å². The van der Waals surface area contributed by atoms with Crippen LogP contribution in [0.15, 0.2) is 48.8 Å². The van der Waals surface area contributed by atoms with E-state index < -0.39 is 0 Å². The highest BCUT2D eigenvalue weighted by Crippen LogP contribution is 2.26. The van der Waals surface area contributed by atoms with Crippen LogP contribution in [0.1, 0.15) is 16.7 Å². The van der Waals surface area contributed by atoms with Crippen molar-refractivity contribution >= 4 is 5.91 Å². The van der Waals surface area contributed by atoms with E-state index in [-0.39, 0.29) is 11.8 Å². The molecule has 3 rings (SSSR count). The summed E-state index contributed by atoms with van der Waals surface area (Å²) in [5.41, 5.74) is 3.79. The van der Waals surface area contributed by atoms with Gasteiger partial charge < -0.3 is 5.32 Å². The van der Waals surface area contributed by atoms with E-state index in [0.29, 0.717) is 6.54 Å². The van der Waals surface area contributed by atoms with Gasteiger partial charge in [-0.15, -0.1) is 0 Å². The Morgan fingerprint density at radius 2 is 1.90 bits per heavy atom. The summed E-state index contributed by atoms with van der Waals surface area (Å²) in [7, 11) is 0. The zero-order chi connectivity index (χ0) is 13.8. The summed E-state index contributed by atoms with van der Waals surface area (Å²) >= 11 is 0. The van der Waals surface area contributed by atoms with Crippen LogP contribution in [0.4, 0.5) is 0 Å². The third-order valence-electron chi connectivity index (χ3n) is 3.86. The van der Waals surface area contributed by atoms with Crippen LogP contribution >= 0.6 is 0 Å². The fourth-order valence-corrected chi connectivity index (χ4v) is 2.76. The lowest BCUT2D eigenvalue weighted by atomic mass is 10.1. The van der Waals surface area contributed by atoms with Crippen molar-refractivity contribution in [3.63, 3.8) is 0 Å². The topological polar surface area (TPSA) is 42.0 Å². The molecule has 1 aliphatic carbocycles. The van der Waals surface area contributed by atoms with Crippen molar-refractivity contribution in [3.05, 3.63) is 65.5 Å². The SMILES string of the molecule is O=C(NCCc1cccnc1)C1Cc2ccccc2C1. The van der Waals surface area contributed by atoms with Crippen LogP contribution in [0.5, 0.6) is 0 Å². The lowest BCUT2D eigenvalue weighted by molar-refractivity contribution is -0.124. The molecule has 3 heteroatoms. The number of hydrogen-bond acceptors (Lipinski definition) is 2. The monoisotopic (exact) mass is 266 g/mol. The van der Waals surface area contributed by atoms with Crippen LogP contribution in [-0.2, 0) is 24.1 Å². The maximum Gasteiger partial charge on any atom is 0.223 e. The third-order valence-corrected chi connectivity index (χ3v) is 3.86. The smallest absolute Gasteiger partial charge is 0.223 e. The summed E-state index contributed by atoms with van der Waals surface area (Å²) in [6, 6.07) is 12.3. The second kappa shape index (κ2) is 5.87. The number of hydrogen-bond donors (Lipinski definition) is 1. The van der Waals surface area contributed by atoms with E-state index in [1.807, 2.05) is 30.5 Å². The van der Waals surface area contributed by atoms with Gasteiger partial charge >= 0.3 is 0 Å². The number of fused-ring (bicyclic) bond motifs is 1. The Morgan fingerprint density at radius 3 is 2.55 bits per heavy atom. The van der Waals surface area contributed by atoms with Crippen LogP contribution in [0.2, 0.25) is 0 Å². The Balaban J connectivity index is 1.49. The maximum absolute atomic E-state index is 12.2. The van der Waals surface area contributed by atoms with Crippen molar-refractivity contribution in [2.75, 3.05) is 6.54 Å². The van der Waals surface area contributed by atoms with Gasteiger partial charge in [0.25, 0.3) is 0 Å². The largest absolute Gasteiger partial charge is 0.356 e. The van der Waals surface area contributed by atoms with Gasteiger partial charge in [0.2, 0.25) is 5.91 Å². The number of nitrogens with one attached hydrogen (secondary N) is 1. The Bertz CT molecular complexity index is 570. The molecule has 0 bridgehead atoms. The predicted molar refractivity (Wildman–Crippen MR) is 78.3 cm³/mol. The molecule has 1 N–H and O–H groups in total. The zero-order valence-electron chi connectivity index (χ0n) is 11.4. The molecule has 0 unspecified atom stereocenters. The molecule has 0 aliphatic heterocycles. The third kappa shape index (κ3) is 2.87. The number of nitrogens with zero attached hydrogens (tertiary/aromatic N) is 1. The average molecular weight is 266 g/mol. The van der Waals surface area contributed by atoms with Gasteiger partial charge in [0.1, 0.15) is 0 Å². The van der Waals surface area contributed by atoms with E-state index in [0.717, 1.165) is 24.8 Å². The average Bonchev–Trinajstić information content (AvgIpc) is 2.92. The molecule has 1 aromatic heterocycles. The van der Waals surface area contributed by atoms with Gasteiger partial charge in [-0.05, 0) is 42.0 Å². The first-order valence-electron chi connectivity index (χ1n) is 7.06. The lowest BCUT2D eigenvalue weighted by Crippen LogP contribution is -2.32. The highest BCUT2D eigenvalue weighted by molar-refractivity contribution is 5.80. The summed E-state index contributed by atoms with van der Waals surface area (Å²) in [4.78, 5) is 16.3. The summed E-state index contributed by atoms with van der Waals surface area (Å²) in [5.74, 6) is 0.270. The van der Waals surface area contributed by atoms with Crippen LogP contribution in [0.3, 0.4) is 0 Å². The summed E-state index contributed by atoms with van der Waals surface area (Å²) < 4.78 is 0. The van der Waals surface area contributed by atoms with Crippen molar-refractivity contribution in [1.82, 2.24) is 10.3 Å². The second-order valence-corrected chi connectivity index (χ2v) is 5.28.